The molecular weight excluding hydrogens is 288 g/mol. The van der Waals surface area contributed by atoms with Crippen LogP contribution >= 0.6 is 0 Å². The molecule has 22 heavy (non-hydrogen) atoms. The Morgan fingerprint density at radius 2 is 1.91 bits per heavy atom. The Morgan fingerprint density at radius 1 is 1.18 bits per heavy atom. The quantitative estimate of drug-likeness (QED) is 0.874. The molecule has 3 rings (SSSR count). The van der Waals surface area contributed by atoms with Gasteiger partial charge in [-0.2, -0.15) is 0 Å². The van der Waals surface area contributed by atoms with E-state index in [4.69, 9.17) is 14.2 Å². The molecule has 1 atom stereocenters. The Hall–Kier alpha value is -2.28. The minimum atomic E-state index is -0.587. The molecule has 2 heterocycles. The predicted octanol–water partition coefficient (Wildman–Crippen LogP) is 0.392. The van der Waals surface area contributed by atoms with Crippen LogP contribution in [0.25, 0.3) is 0 Å². The van der Waals surface area contributed by atoms with Crippen molar-refractivity contribution in [2.75, 3.05) is 33.1 Å². The summed E-state index contributed by atoms with van der Waals surface area (Å²) in [7, 11) is 0. The van der Waals surface area contributed by atoms with Crippen molar-refractivity contribution in [3.63, 3.8) is 0 Å². The number of morpholine rings is 1. The van der Waals surface area contributed by atoms with Crippen LogP contribution in [0.5, 0.6) is 11.5 Å². The third-order valence-corrected chi connectivity index (χ3v) is 3.68. The molecule has 2 aliphatic rings. The molecule has 0 spiro atoms. The van der Waals surface area contributed by atoms with Crippen LogP contribution in [0.1, 0.15) is 17.3 Å². The zero-order valence-corrected chi connectivity index (χ0v) is 12.3. The largest absolute Gasteiger partial charge is 0.454 e. The summed E-state index contributed by atoms with van der Waals surface area (Å²) in [6, 6.07) is 4.36. The number of hydrogen-bond donors (Lipinski definition) is 1. The summed E-state index contributed by atoms with van der Waals surface area (Å²) < 4.78 is 15.7. The number of carbonyl (C=O) groups is 2. The van der Waals surface area contributed by atoms with Crippen molar-refractivity contribution >= 4 is 11.8 Å². The molecule has 0 saturated carbocycles. The van der Waals surface area contributed by atoms with Crippen molar-refractivity contribution in [3.05, 3.63) is 23.8 Å². The van der Waals surface area contributed by atoms with E-state index in [9.17, 15) is 9.59 Å². The molecule has 1 aromatic rings. The highest BCUT2D eigenvalue weighted by atomic mass is 16.7. The van der Waals surface area contributed by atoms with Crippen molar-refractivity contribution in [2.24, 2.45) is 0 Å². The Morgan fingerprint density at radius 3 is 2.68 bits per heavy atom. The second-order valence-corrected chi connectivity index (χ2v) is 5.20. The smallest absolute Gasteiger partial charge is 0.252 e. The first-order valence-electron chi connectivity index (χ1n) is 7.22. The lowest BCUT2D eigenvalue weighted by molar-refractivity contribution is -0.136. The second-order valence-electron chi connectivity index (χ2n) is 5.20. The maximum atomic E-state index is 12.3. The molecule has 7 heteroatoms. The maximum Gasteiger partial charge on any atom is 0.252 e. The van der Waals surface area contributed by atoms with Crippen LogP contribution in [-0.4, -0.2) is 55.9 Å². The van der Waals surface area contributed by atoms with Crippen LogP contribution in [0, 0.1) is 0 Å². The molecule has 0 aliphatic carbocycles. The van der Waals surface area contributed by atoms with Gasteiger partial charge in [0.15, 0.2) is 11.5 Å². The molecular formula is C15H18N2O5. The van der Waals surface area contributed by atoms with Gasteiger partial charge in [0, 0.05) is 18.7 Å². The third-order valence-electron chi connectivity index (χ3n) is 3.68. The van der Waals surface area contributed by atoms with E-state index in [-0.39, 0.29) is 18.6 Å². The number of ether oxygens (including phenoxy) is 3. The fraction of sp³-hybridized carbons (Fsp3) is 0.467. The standard InChI is InChI=1S/C15H18N2O5/c1-10(15(19)17-4-6-20-7-5-17)16-14(18)11-2-3-12-13(8-11)22-9-21-12/h2-3,8,10H,4-7,9H2,1H3,(H,16,18). The molecule has 1 saturated heterocycles. The number of hydrogen-bond acceptors (Lipinski definition) is 5. The van der Waals surface area contributed by atoms with Gasteiger partial charge in [0.25, 0.3) is 5.91 Å². The van der Waals surface area contributed by atoms with Gasteiger partial charge in [-0.1, -0.05) is 0 Å². The molecule has 2 amide bonds. The minimum absolute atomic E-state index is 0.0996. The summed E-state index contributed by atoms with van der Waals surface area (Å²) >= 11 is 0. The zero-order chi connectivity index (χ0) is 15.5. The second kappa shape index (κ2) is 6.23. The molecule has 0 radical (unpaired) electrons. The number of carbonyl (C=O) groups excluding carboxylic acids is 2. The van der Waals surface area contributed by atoms with Crippen molar-refractivity contribution in [1.29, 1.82) is 0 Å². The van der Waals surface area contributed by atoms with Crippen molar-refractivity contribution < 1.29 is 23.8 Å². The van der Waals surface area contributed by atoms with Gasteiger partial charge in [0.05, 0.1) is 13.2 Å². The summed E-state index contributed by atoms with van der Waals surface area (Å²) in [5, 5.41) is 2.72. The first-order valence-corrected chi connectivity index (χ1v) is 7.22. The summed E-state index contributed by atoms with van der Waals surface area (Å²) in [5.41, 5.74) is 0.436. The Kier molecular flexibility index (Phi) is 4.15. The van der Waals surface area contributed by atoms with Crippen molar-refractivity contribution in [2.45, 2.75) is 13.0 Å². The highest BCUT2D eigenvalue weighted by molar-refractivity contribution is 5.98. The molecule has 7 nitrogen and oxygen atoms in total. The maximum absolute atomic E-state index is 12.3. The molecule has 118 valence electrons. The van der Waals surface area contributed by atoms with Crippen LogP contribution in [-0.2, 0) is 9.53 Å². The summed E-state index contributed by atoms with van der Waals surface area (Å²) in [4.78, 5) is 26.2. The van der Waals surface area contributed by atoms with E-state index in [1.54, 1.807) is 30.0 Å². The van der Waals surface area contributed by atoms with Gasteiger partial charge >= 0.3 is 0 Å². The summed E-state index contributed by atoms with van der Waals surface area (Å²) in [6.07, 6.45) is 0. The van der Waals surface area contributed by atoms with Gasteiger partial charge in [-0.3, -0.25) is 9.59 Å². The van der Waals surface area contributed by atoms with Crippen LogP contribution < -0.4 is 14.8 Å². The van der Waals surface area contributed by atoms with E-state index in [1.165, 1.54) is 0 Å². The van der Waals surface area contributed by atoms with Crippen molar-refractivity contribution in [3.8, 4) is 11.5 Å². The SMILES string of the molecule is CC(NC(=O)c1ccc2c(c1)OCO2)C(=O)N1CCOCC1. The molecule has 0 bridgehead atoms. The normalized spacial score (nSPS) is 18.0. The Balaban J connectivity index is 1.62. The Bertz CT molecular complexity index is 583. The number of benzene rings is 1. The zero-order valence-electron chi connectivity index (χ0n) is 12.3. The predicted molar refractivity (Wildman–Crippen MR) is 76.9 cm³/mol. The molecule has 1 unspecified atom stereocenters. The number of nitrogens with one attached hydrogen (secondary N) is 1. The van der Waals surface area contributed by atoms with E-state index in [0.717, 1.165) is 0 Å². The average Bonchev–Trinajstić information content (AvgIpc) is 3.02. The van der Waals surface area contributed by atoms with Gasteiger partial charge in [-0.05, 0) is 25.1 Å². The van der Waals surface area contributed by atoms with Crippen LogP contribution in [0.3, 0.4) is 0 Å². The highest BCUT2D eigenvalue weighted by Crippen LogP contribution is 2.32. The van der Waals surface area contributed by atoms with Gasteiger partial charge < -0.3 is 24.4 Å². The number of fused-ring (bicyclic) bond motifs is 1. The molecule has 1 aromatic carbocycles. The lowest BCUT2D eigenvalue weighted by Crippen LogP contribution is -2.50. The van der Waals surface area contributed by atoms with E-state index in [1.807, 2.05) is 0 Å². The molecule has 1 fully saturated rings. The monoisotopic (exact) mass is 306 g/mol. The fourth-order valence-corrected chi connectivity index (χ4v) is 2.44. The number of rotatable bonds is 3. The lowest BCUT2D eigenvalue weighted by atomic mass is 10.1. The lowest BCUT2D eigenvalue weighted by Gasteiger charge is -2.29. The first kappa shape index (κ1) is 14.6. The van der Waals surface area contributed by atoms with Gasteiger partial charge in [0.1, 0.15) is 6.04 Å². The summed E-state index contributed by atoms with van der Waals surface area (Å²) in [6.45, 7) is 4.03. The molecule has 2 aliphatic heterocycles. The van der Waals surface area contributed by atoms with E-state index in [0.29, 0.717) is 43.4 Å². The summed E-state index contributed by atoms with van der Waals surface area (Å²) in [5.74, 6) is 0.749. The van der Waals surface area contributed by atoms with Crippen LogP contribution in [0.4, 0.5) is 0 Å². The average molecular weight is 306 g/mol. The number of amides is 2. The minimum Gasteiger partial charge on any atom is -0.454 e. The van der Waals surface area contributed by atoms with Gasteiger partial charge in [-0.25, -0.2) is 0 Å². The van der Waals surface area contributed by atoms with E-state index >= 15 is 0 Å². The van der Waals surface area contributed by atoms with Gasteiger partial charge in [-0.15, -0.1) is 0 Å². The highest BCUT2D eigenvalue weighted by Gasteiger charge is 2.24. The van der Waals surface area contributed by atoms with Crippen molar-refractivity contribution in [1.82, 2.24) is 10.2 Å². The van der Waals surface area contributed by atoms with Crippen LogP contribution in [0.15, 0.2) is 18.2 Å². The Labute approximate surface area is 128 Å². The first-order chi connectivity index (χ1) is 10.6. The van der Waals surface area contributed by atoms with Crippen LogP contribution in [0.2, 0.25) is 0 Å². The number of nitrogens with zero attached hydrogens (tertiary/aromatic N) is 1. The van der Waals surface area contributed by atoms with E-state index < -0.39 is 6.04 Å². The molecule has 1 N–H and O–H groups in total. The topological polar surface area (TPSA) is 77.1 Å². The fourth-order valence-electron chi connectivity index (χ4n) is 2.44. The molecule has 0 aromatic heterocycles. The third kappa shape index (κ3) is 2.99. The van der Waals surface area contributed by atoms with Gasteiger partial charge in [0.2, 0.25) is 12.7 Å². The van der Waals surface area contributed by atoms with E-state index in [2.05, 4.69) is 5.32 Å².